The van der Waals surface area contributed by atoms with Gasteiger partial charge in [-0.2, -0.15) is 0 Å². The summed E-state index contributed by atoms with van der Waals surface area (Å²) < 4.78 is 0. The van der Waals surface area contributed by atoms with Crippen LogP contribution in [0.3, 0.4) is 0 Å². The fourth-order valence-corrected chi connectivity index (χ4v) is 3.07. The van der Waals surface area contributed by atoms with Crippen molar-refractivity contribution in [3.05, 3.63) is 59.9 Å². The van der Waals surface area contributed by atoms with Gasteiger partial charge in [0, 0.05) is 17.1 Å². The van der Waals surface area contributed by atoms with E-state index in [1.54, 1.807) is 0 Å². The lowest BCUT2D eigenvalue weighted by Crippen LogP contribution is -2.19. The highest BCUT2D eigenvalue weighted by molar-refractivity contribution is 5.82. The third-order valence-electron chi connectivity index (χ3n) is 5.12. The van der Waals surface area contributed by atoms with Gasteiger partial charge in [0.25, 0.3) is 0 Å². The molecule has 2 heterocycles. The van der Waals surface area contributed by atoms with Crippen molar-refractivity contribution >= 4 is 10.9 Å². The van der Waals surface area contributed by atoms with Gasteiger partial charge >= 0.3 is 0 Å². The molecule has 3 rings (SSSR count). The van der Waals surface area contributed by atoms with E-state index in [9.17, 15) is 0 Å². The number of aryl methyl sites for hydroxylation is 1. The standard InChI is InChI=1S/C21H24N2/c1-5-21(4,6-2)18-11-15(3)10-17(12-18)19-13-16-8-7-9-22-20(16)14-23-19/h7-14H,5-6H2,1-4H3. The monoisotopic (exact) mass is 304 g/mol. The van der Waals surface area contributed by atoms with Gasteiger partial charge in [-0.05, 0) is 55.0 Å². The quantitative estimate of drug-likeness (QED) is 0.619. The Bertz CT molecular complexity index is 832. The van der Waals surface area contributed by atoms with Gasteiger partial charge in [-0.1, -0.05) is 38.5 Å². The summed E-state index contributed by atoms with van der Waals surface area (Å²) in [5, 5.41) is 1.13. The fourth-order valence-electron chi connectivity index (χ4n) is 3.07. The fraction of sp³-hybridized carbons (Fsp3) is 0.333. The molecule has 0 aliphatic rings. The van der Waals surface area contributed by atoms with Crippen LogP contribution < -0.4 is 0 Å². The topological polar surface area (TPSA) is 25.8 Å². The minimum Gasteiger partial charge on any atom is -0.255 e. The highest BCUT2D eigenvalue weighted by Crippen LogP contribution is 2.34. The third-order valence-corrected chi connectivity index (χ3v) is 5.12. The minimum atomic E-state index is 0.221. The van der Waals surface area contributed by atoms with Gasteiger partial charge < -0.3 is 0 Å². The molecule has 0 aliphatic heterocycles. The summed E-state index contributed by atoms with van der Waals surface area (Å²) in [6, 6.07) is 13.0. The lowest BCUT2D eigenvalue weighted by atomic mass is 9.76. The largest absolute Gasteiger partial charge is 0.255 e. The normalized spacial score (nSPS) is 11.8. The molecule has 0 spiro atoms. The molecule has 0 N–H and O–H groups in total. The smallest absolute Gasteiger partial charge is 0.0885 e. The van der Waals surface area contributed by atoms with Gasteiger partial charge in [-0.15, -0.1) is 0 Å². The average Bonchev–Trinajstić information content (AvgIpc) is 2.60. The maximum Gasteiger partial charge on any atom is 0.0885 e. The van der Waals surface area contributed by atoms with E-state index in [-0.39, 0.29) is 5.41 Å². The minimum absolute atomic E-state index is 0.221. The first kappa shape index (κ1) is 15.7. The van der Waals surface area contributed by atoms with Crippen molar-refractivity contribution in [2.45, 2.75) is 46.0 Å². The average molecular weight is 304 g/mol. The van der Waals surface area contributed by atoms with Gasteiger partial charge in [-0.3, -0.25) is 9.97 Å². The van der Waals surface area contributed by atoms with Crippen LogP contribution in [0.1, 0.15) is 44.7 Å². The second kappa shape index (κ2) is 6.11. The van der Waals surface area contributed by atoms with Gasteiger partial charge in [0.05, 0.1) is 17.4 Å². The molecule has 0 aliphatic carbocycles. The van der Waals surface area contributed by atoms with Crippen LogP contribution in [0.4, 0.5) is 0 Å². The molecular weight excluding hydrogens is 280 g/mol. The van der Waals surface area contributed by atoms with E-state index in [4.69, 9.17) is 0 Å². The van der Waals surface area contributed by atoms with E-state index < -0.39 is 0 Å². The molecule has 0 bridgehead atoms. The van der Waals surface area contributed by atoms with Crippen LogP contribution in [0.25, 0.3) is 22.2 Å². The molecule has 0 amide bonds. The van der Waals surface area contributed by atoms with Crippen molar-refractivity contribution < 1.29 is 0 Å². The molecule has 0 fully saturated rings. The molecule has 0 atom stereocenters. The summed E-state index contributed by atoms with van der Waals surface area (Å²) in [4.78, 5) is 8.98. The summed E-state index contributed by atoms with van der Waals surface area (Å²) >= 11 is 0. The van der Waals surface area contributed by atoms with Crippen molar-refractivity contribution in [3.8, 4) is 11.3 Å². The molecule has 2 heteroatoms. The molecule has 3 aromatic rings. The van der Waals surface area contributed by atoms with Crippen molar-refractivity contribution in [2.24, 2.45) is 0 Å². The van der Waals surface area contributed by atoms with E-state index in [0.717, 1.165) is 29.4 Å². The number of aromatic nitrogens is 2. The first-order valence-electron chi connectivity index (χ1n) is 8.39. The number of fused-ring (bicyclic) bond motifs is 1. The van der Waals surface area contributed by atoms with E-state index in [2.05, 4.69) is 68.0 Å². The Morgan fingerprint density at radius 3 is 2.52 bits per heavy atom. The predicted molar refractivity (Wildman–Crippen MR) is 97.6 cm³/mol. The second-order valence-corrected chi connectivity index (χ2v) is 6.62. The summed E-state index contributed by atoms with van der Waals surface area (Å²) in [5.74, 6) is 0. The van der Waals surface area contributed by atoms with E-state index in [1.165, 1.54) is 16.7 Å². The molecule has 0 saturated heterocycles. The lowest BCUT2D eigenvalue weighted by molar-refractivity contribution is 0.439. The van der Waals surface area contributed by atoms with E-state index in [0.29, 0.717) is 0 Å². The van der Waals surface area contributed by atoms with E-state index >= 15 is 0 Å². The SMILES string of the molecule is CCC(C)(CC)c1cc(C)cc(-c2cc3cccnc3cn2)c1. The number of hydrogen-bond acceptors (Lipinski definition) is 2. The Kier molecular flexibility index (Phi) is 4.16. The highest BCUT2D eigenvalue weighted by atomic mass is 14.7. The summed E-state index contributed by atoms with van der Waals surface area (Å²) in [6.45, 7) is 9.06. The Hall–Kier alpha value is -2.22. The first-order valence-corrected chi connectivity index (χ1v) is 8.39. The van der Waals surface area contributed by atoms with Crippen molar-refractivity contribution in [1.29, 1.82) is 0 Å². The first-order chi connectivity index (χ1) is 11.1. The summed E-state index contributed by atoms with van der Waals surface area (Å²) in [7, 11) is 0. The Balaban J connectivity index is 2.13. The summed E-state index contributed by atoms with van der Waals surface area (Å²) in [6.07, 6.45) is 5.96. The molecule has 0 radical (unpaired) electrons. The Morgan fingerprint density at radius 1 is 1.00 bits per heavy atom. The molecule has 2 nitrogen and oxygen atoms in total. The zero-order chi connectivity index (χ0) is 16.4. The van der Waals surface area contributed by atoms with E-state index in [1.807, 2.05) is 18.5 Å². The second-order valence-electron chi connectivity index (χ2n) is 6.62. The molecule has 0 saturated carbocycles. The molecule has 0 unspecified atom stereocenters. The molecule has 23 heavy (non-hydrogen) atoms. The van der Waals surface area contributed by atoms with Crippen molar-refractivity contribution in [3.63, 3.8) is 0 Å². The molecular formula is C21H24N2. The van der Waals surface area contributed by atoms with Crippen LogP contribution in [0.2, 0.25) is 0 Å². The van der Waals surface area contributed by atoms with Crippen LogP contribution in [0.5, 0.6) is 0 Å². The number of nitrogens with zero attached hydrogens (tertiary/aromatic N) is 2. The van der Waals surface area contributed by atoms with Crippen LogP contribution in [-0.2, 0) is 5.41 Å². The van der Waals surface area contributed by atoms with Crippen LogP contribution in [0, 0.1) is 6.92 Å². The van der Waals surface area contributed by atoms with Crippen LogP contribution in [0.15, 0.2) is 48.8 Å². The maximum absolute atomic E-state index is 4.63. The Morgan fingerprint density at radius 2 is 1.78 bits per heavy atom. The maximum atomic E-state index is 4.63. The zero-order valence-corrected chi connectivity index (χ0v) is 14.4. The van der Waals surface area contributed by atoms with Crippen LogP contribution >= 0.6 is 0 Å². The van der Waals surface area contributed by atoms with Crippen molar-refractivity contribution in [1.82, 2.24) is 9.97 Å². The Labute approximate surface area is 138 Å². The molecule has 1 aromatic carbocycles. The lowest BCUT2D eigenvalue weighted by Gasteiger charge is -2.28. The number of rotatable bonds is 4. The number of hydrogen-bond donors (Lipinski definition) is 0. The van der Waals surface area contributed by atoms with Gasteiger partial charge in [-0.25, -0.2) is 0 Å². The highest BCUT2D eigenvalue weighted by Gasteiger charge is 2.23. The van der Waals surface area contributed by atoms with Gasteiger partial charge in [0.1, 0.15) is 0 Å². The van der Waals surface area contributed by atoms with Crippen molar-refractivity contribution in [2.75, 3.05) is 0 Å². The third kappa shape index (κ3) is 2.98. The van der Waals surface area contributed by atoms with Gasteiger partial charge in [0.15, 0.2) is 0 Å². The predicted octanol–water partition coefficient (Wildman–Crippen LogP) is 5.68. The molecule has 118 valence electrons. The molecule has 2 aromatic heterocycles. The van der Waals surface area contributed by atoms with Crippen LogP contribution in [-0.4, -0.2) is 9.97 Å². The number of benzene rings is 1. The summed E-state index contributed by atoms with van der Waals surface area (Å²) in [5.41, 5.74) is 6.07. The zero-order valence-electron chi connectivity index (χ0n) is 14.4. The van der Waals surface area contributed by atoms with Gasteiger partial charge in [0.2, 0.25) is 0 Å². The number of pyridine rings is 2.